The second-order valence-corrected chi connectivity index (χ2v) is 6.27. The number of pyridine rings is 1. The van der Waals surface area contributed by atoms with Gasteiger partial charge in [0.15, 0.2) is 5.65 Å². The molecule has 0 saturated heterocycles. The molecule has 0 unspecified atom stereocenters. The van der Waals surface area contributed by atoms with Gasteiger partial charge in [0.25, 0.3) is 0 Å². The summed E-state index contributed by atoms with van der Waals surface area (Å²) >= 11 is 2.34. The molecule has 21 heavy (non-hydrogen) atoms. The molecule has 0 atom stereocenters. The largest absolute Gasteiger partial charge is 0.279 e. The standard InChI is InChI=1S/C17H12IN3/c1-11-19-20-17-10-15(12-5-3-2-4-6-12)14-8-7-13(18)9-16(14)21(11)17/h2-10H,1H3. The number of nitrogens with zero attached hydrogens (tertiary/aromatic N) is 3. The Morgan fingerprint density at radius 1 is 0.952 bits per heavy atom. The maximum absolute atomic E-state index is 4.29. The smallest absolute Gasteiger partial charge is 0.161 e. The number of aryl methyl sites for hydroxylation is 1. The Bertz CT molecular complexity index is 958. The van der Waals surface area contributed by atoms with Crippen molar-refractivity contribution in [2.45, 2.75) is 6.92 Å². The van der Waals surface area contributed by atoms with Gasteiger partial charge in [-0.2, -0.15) is 0 Å². The Labute approximate surface area is 135 Å². The zero-order valence-electron chi connectivity index (χ0n) is 11.4. The highest BCUT2D eigenvalue weighted by Gasteiger charge is 2.11. The minimum Gasteiger partial charge on any atom is -0.279 e. The minimum absolute atomic E-state index is 0.890. The van der Waals surface area contributed by atoms with Crippen molar-refractivity contribution in [2.75, 3.05) is 0 Å². The van der Waals surface area contributed by atoms with E-state index in [0.717, 1.165) is 17.0 Å². The van der Waals surface area contributed by atoms with Crippen molar-refractivity contribution >= 4 is 39.1 Å². The molecule has 2 aromatic heterocycles. The van der Waals surface area contributed by atoms with Gasteiger partial charge in [-0.3, -0.25) is 4.40 Å². The summed E-state index contributed by atoms with van der Waals surface area (Å²) in [6, 6.07) is 19.0. The normalized spacial score (nSPS) is 11.3. The van der Waals surface area contributed by atoms with Crippen LogP contribution in [-0.4, -0.2) is 14.6 Å². The van der Waals surface area contributed by atoms with Gasteiger partial charge in [-0.1, -0.05) is 36.4 Å². The van der Waals surface area contributed by atoms with Crippen molar-refractivity contribution in [3.63, 3.8) is 0 Å². The molecule has 0 aliphatic heterocycles. The molecule has 0 radical (unpaired) electrons. The van der Waals surface area contributed by atoms with Crippen LogP contribution in [0.15, 0.2) is 54.6 Å². The predicted octanol–water partition coefficient (Wildman–Crippen LogP) is 4.46. The van der Waals surface area contributed by atoms with E-state index in [0.29, 0.717) is 0 Å². The Kier molecular flexibility index (Phi) is 2.92. The topological polar surface area (TPSA) is 30.2 Å². The van der Waals surface area contributed by atoms with Crippen molar-refractivity contribution in [2.24, 2.45) is 0 Å². The predicted molar refractivity (Wildman–Crippen MR) is 93.4 cm³/mol. The highest BCUT2D eigenvalue weighted by Crippen LogP contribution is 2.31. The van der Waals surface area contributed by atoms with E-state index in [-0.39, 0.29) is 0 Å². The lowest BCUT2D eigenvalue weighted by atomic mass is 10.0. The van der Waals surface area contributed by atoms with E-state index in [9.17, 15) is 0 Å². The van der Waals surface area contributed by atoms with E-state index >= 15 is 0 Å². The van der Waals surface area contributed by atoms with Crippen LogP contribution in [0.1, 0.15) is 5.82 Å². The van der Waals surface area contributed by atoms with E-state index in [4.69, 9.17) is 0 Å². The first kappa shape index (κ1) is 12.8. The molecule has 0 amide bonds. The summed E-state index contributed by atoms with van der Waals surface area (Å²) in [6.07, 6.45) is 0. The first-order valence-corrected chi connectivity index (χ1v) is 7.81. The lowest BCUT2D eigenvalue weighted by Gasteiger charge is -2.10. The molecule has 0 N–H and O–H groups in total. The van der Waals surface area contributed by atoms with Crippen LogP contribution < -0.4 is 0 Å². The maximum atomic E-state index is 4.29. The SMILES string of the molecule is Cc1nnc2cc(-c3ccccc3)c3ccc(I)cc3n12. The second kappa shape index (κ2) is 4.80. The molecular weight excluding hydrogens is 373 g/mol. The first-order valence-electron chi connectivity index (χ1n) is 6.73. The average Bonchev–Trinajstić information content (AvgIpc) is 2.89. The van der Waals surface area contributed by atoms with Crippen molar-refractivity contribution < 1.29 is 0 Å². The number of rotatable bonds is 1. The Balaban J connectivity index is 2.20. The van der Waals surface area contributed by atoms with Gasteiger partial charge in [-0.25, -0.2) is 0 Å². The van der Waals surface area contributed by atoms with Crippen molar-refractivity contribution in [1.82, 2.24) is 14.6 Å². The summed E-state index contributed by atoms with van der Waals surface area (Å²) in [5.41, 5.74) is 4.44. The third-order valence-electron chi connectivity index (χ3n) is 3.70. The molecule has 4 rings (SSSR count). The second-order valence-electron chi connectivity index (χ2n) is 5.03. The summed E-state index contributed by atoms with van der Waals surface area (Å²) in [5.74, 6) is 0.914. The van der Waals surface area contributed by atoms with Crippen LogP contribution in [-0.2, 0) is 0 Å². The van der Waals surface area contributed by atoms with Crippen molar-refractivity contribution in [1.29, 1.82) is 0 Å². The zero-order chi connectivity index (χ0) is 14.4. The summed E-state index contributed by atoms with van der Waals surface area (Å²) in [5, 5.41) is 9.74. The van der Waals surface area contributed by atoms with Crippen LogP contribution in [0.25, 0.3) is 27.7 Å². The molecular formula is C17H12IN3. The molecule has 0 saturated carbocycles. The monoisotopic (exact) mass is 385 g/mol. The van der Waals surface area contributed by atoms with E-state index in [2.05, 4.69) is 85.7 Å². The fraction of sp³-hybridized carbons (Fsp3) is 0.0588. The highest BCUT2D eigenvalue weighted by molar-refractivity contribution is 14.1. The van der Waals surface area contributed by atoms with Crippen LogP contribution in [0.4, 0.5) is 0 Å². The number of fused-ring (bicyclic) bond motifs is 3. The Morgan fingerprint density at radius 2 is 1.76 bits per heavy atom. The molecule has 3 nitrogen and oxygen atoms in total. The van der Waals surface area contributed by atoms with Crippen LogP contribution >= 0.6 is 22.6 Å². The number of hydrogen-bond acceptors (Lipinski definition) is 2. The van der Waals surface area contributed by atoms with Gasteiger partial charge in [0.1, 0.15) is 5.82 Å². The molecule has 0 aliphatic carbocycles. The van der Waals surface area contributed by atoms with Gasteiger partial charge in [0, 0.05) is 8.96 Å². The van der Waals surface area contributed by atoms with Gasteiger partial charge in [0.2, 0.25) is 0 Å². The minimum atomic E-state index is 0.890. The highest BCUT2D eigenvalue weighted by atomic mass is 127. The van der Waals surface area contributed by atoms with E-state index in [1.54, 1.807) is 0 Å². The third-order valence-corrected chi connectivity index (χ3v) is 4.37. The van der Waals surface area contributed by atoms with E-state index in [1.807, 2.05) is 13.0 Å². The number of aromatic nitrogens is 3. The Hall–Kier alpha value is -1.95. The quantitative estimate of drug-likeness (QED) is 0.453. The van der Waals surface area contributed by atoms with Crippen LogP contribution in [0, 0.1) is 10.5 Å². The molecule has 2 aromatic carbocycles. The summed E-state index contributed by atoms with van der Waals surface area (Å²) in [7, 11) is 0. The average molecular weight is 385 g/mol. The molecule has 0 bridgehead atoms. The summed E-state index contributed by atoms with van der Waals surface area (Å²) < 4.78 is 3.32. The lowest BCUT2D eigenvalue weighted by Crippen LogP contribution is -1.94. The van der Waals surface area contributed by atoms with Crippen LogP contribution in [0.5, 0.6) is 0 Å². The van der Waals surface area contributed by atoms with Gasteiger partial charge >= 0.3 is 0 Å². The van der Waals surface area contributed by atoms with E-state index < -0.39 is 0 Å². The summed E-state index contributed by atoms with van der Waals surface area (Å²) in [4.78, 5) is 0. The van der Waals surface area contributed by atoms with Gasteiger partial charge in [-0.05, 0) is 58.8 Å². The molecule has 0 fully saturated rings. The van der Waals surface area contributed by atoms with Crippen molar-refractivity contribution in [3.05, 3.63) is 64.0 Å². The van der Waals surface area contributed by atoms with Crippen LogP contribution in [0.3, 0.4) is 0 Å². The molecule has 2 heterocycles. The number of halogens is 1. The van der Waals surface area contributed by atoms with E-state index in [1.165, 1.54) is 20.1 Å². The summed E-state index contributed by atoms with van der Waals surface area (Å²) in [6.45, 7) is 1.99. The fourth-order valence-corrected chi connectivity index (χ4v) is 3.23. The first-order chi connectivity index (χ1) is 10.2. The molecule has 0 aliphatic rings. The molecule has 102 valence electrons. The number of benzene rings is 2. The number of hydrogen-bond donors (Lipinski definition) is 0. The Morgan fingerprint density at radius 3 is 2.57 bits per heavy atom. The zero-order valence-corrected chi connectivity index (χ0v) is 13.6. The maximum Gasteiger partial charge on any atom is 0.161 e. The van der Waals surface area contributed by atoms with Crippen LogP contribution in [0.2, 0.25) is 0 Å². The van der Waals surface area contributed by atoms with Gasteiger partial charge < -0.3 is 0 Å². The molecule has 4 heteroatoms. The van der Waals surface area contributed by atoms with Gasteiger partial charge in [-0.15, -0.1) is 10.2 Å². The fourth-order valence-electron chi connectivity index (χ4n) is 2.75. The lowest BCUT2D eigenvalue weighted by molar-refractivity contribution is 1.02. The van der Waals surface area contributed by atoms with Gasteiger partial charge in [0.05, 0.1) is 5.52 Å². The van der Waals surface area contributed by atoms with Crippen molar-refractivity contribution in [3.8, 4) is 11.1 Å². The molecule has 4 aromatic rings. The molecule has 0 spiro atoms. The third kappa shape index (κ3) is 2.01.